The summed E-state index contributed by atoms with van der Waals surface area (Å²) in [6.07, 6.45) is -1.65. The Morgan fingerprint density at radius 1 is 1.19 bits per heavy atom. The Bertz CT molecular complexity index is 852. The lowest BCUT2D eigenvalue weighted by atomic mass is 9.97. The molecule has 0 aromatic carbocycles. The van der Waals surface area contributed by atoms with Gasteiger partial charge in [0, 0.05) is 31.9 Å². The molecule has 2 saturated heterocycles. The monoisotopic (exact) mass is 476 g/mol. The number of alkyl halides is 3. The van der Waals surface area contributed by atoms with Gasteiger partial charge < -0.3 is 19.9 Å². The number of halogens is 4. The van der Waals surface area contributed by atoms with Gasteiger partial charge in [-0.05, 0) is 52.5 Å². The number of pyridine rings is 1. The maximum absolute atomic E-state index is 13.1. The Morgan fingerprint density at radius 2 is 1.84 bits per heavy atom. The second-order valence-corrected chi connectivity index (χ2v) is 9.53. The van der Waals surface area contributed by atoms with Gasteiger partial charge in [-0.15, -0.1) is 0 Å². The first-order chi connectivity index (χ1) is 14.8. The van der Waals surface area contributed by atoms with Crippen molar-refractivity contribution in [2.45, 2.75) is 70.3 Å². The molecular formula is C21H28ClF3N4O3. The van der Waals surface area contributed by atoms with E-state index in [1.807, 2.05) is 20.8 Å². The van der Waals surface area contributed by atoms with Crippen LogP contribution < -0.4 is 5.32 Å². The molecule has 2 amide bonds. The minimum Gasteiger partial charge on any atom is -0.444 e. The molecule has 2 aliphatic rings. The van der Waals surface area contributed by atoms with Crippen molar-refractivity contribution in [3.63, 3.8) is 0 Å². The molecular weight excluding hydrogens is 449 g/mol. The number of hydrogen-bond donors (Lipinski definition) is 1. The lowest BCUT2D eigenvalue weighted by Gasteiger charge is -2.42. The van der Waals surface area contributed by atoms with Gasteiger partial charge >= 0.3 is 12.3 Å². The average Bonchev–Trinajstić information content (AvgIpc) is 2.69. The molecule has 178 valence electrons. The van der Waals surface area contributed by atoms with Crippen molar-refractivity contribution in [2.75, 3.05) is 25.0 Å². The van der Waals surface area contributed by atoms with Gasteiger partial charge in [-0.1, -0.05) is 11.6 Å². The van der Waals surface area contributed by atoms with Gasteiger partial charge in [0.15, 0.2) is 0 Å². The maximum Gasteiger partial charge on any atom is 0.417 e. The van der Waals surface area contributed by atoms with E-state index in [0.717, 1.165) is 12.5 Å². The van der Waals surface area contributed by atoms with Crippen LogP contribution in [0.4, 0.5) is 23.8 Å². The number of carbonyl (C=O) groups excluding carboxylic acids is 2. The highest BCUT2D eigenvalue weighted by Crippen LogP contribution is 2.33. The summed E-state index contributed by atoms with van der Waals surface area (Å²) in [6, 6.07) is 0.171. The van der Waals surface area contributed by atoms with Gasteiger partial charge in [0.2, 0.25) is 5.91 Å². The Hall–Kier alpha value is -2.23. The molecule has 1 N–H and O–H groups in total. The number of nitrogens with one attached hydrogen (secondary N) is 1. The summed E-state index contributed by atoms with van der Waals surface area (Å²) in [5.74, 6) is -0.0793. The zero-order chi connectivity index (χ0) is 23.7. The summed E-state index contributed by atoms with van der Waals surface area (Å²) in [7, 11) is 0. The largest absolute Gasteiger partial charge is 0.444 e. The van der Waals surface area contributed by atoms with Crippen molar-refractivity contribution in [3.8, 4) is 0 Å². The quantitative estimate of drug-likeness (QED) is 0.692. The summed E-state index contributed by atoms with van der Waals surface area (Å²) in [5.41, 5.74) is -1.51. The number of likely N-dealkylation sites (tertiary alicyclic amines) is 2. The maximum atomic E-state index is 13.1. The van der Waals surface area contributed by atoms with Crippen molar-refractivity contribution in [2.24, 2.45) is 0 Å². The fourth-order valence-electron chi connectivity index (χ4n) is 3.95. The van der Waals surface area contributed by atoms with Crippen molar-refractivity contribution in [1.29, 1.82) is 0 Å². The predicted octanol–water partition coefficient (Wildman–Crippen LogP) is 4.56. The molecule has 0 spiro atoms. The van der Waals surface area contributed by atoms with Gasteiger partial charge in [-0.25, -0.2) is 9.78 Å². The normalized spacial score (nSPS) is 21.0. The topological polar surface area (TPSA) is 74.8 Å². The highest BCUT2D eigenvalue weighted by Gasteiger charge is 2.37. The second kappa shape index (κ2) is 9.33. The van der Waals surface area contributed by atoms with Crippen molar-refractivity contribution < 1.29 is 27.5 Å². The van der Waals surface area contributed by atoms with Crippen LogP contribution in [0.2, 0.25) is 5.02 Å². The van der Waals surface area contributed by atoms with Gasteiger partial charge in [0.05, 0.1) is 10.6 Å². The number of rotatable bonds is 3. The van der Waals surface area contributed by atoms with E-state index in [-0.39, 0.29) is 28.9 Å². The first-order valence-electron chi connectivity index (χ1n) is 10.6. The molecule has 1 aromatic rings. The third-order valence-electron chi connectivity index (χ3n) is 5.51. The summed E-state index contributed by atoms with van der Waals surface area (Å²) in [5, 5.41) is 2.73. The highest BCUT2D eigenvalue weighted by molar-refractivity contribution is 6.33. The molecule has 7 nitrogen and oxygen atoms in total. The standard InChI is InChI=1S/C21H28ClF3N4O3/c1-20(2,3)32-19(31)28-9-6-14(7-10-28)29-8-4-5-16(18(29)30)27-17-15(22)11-13(12-26-17)21(23,24)25/h11-12,14,16H,4-10H2,1-3H3,(H,26,27). The number of nitrogens with zero attached hydrogens (tertiary/aromatic N) is 3. The van der Waals surface area contributed by atoms with E-state index in [0.29, 0.717) is 45.1 Å². The predicted molar refractivity (Wildman–Crippen MR) is 113 cm³/mol. The highest BCUT2D eigenvalue weighted by atomic mass is 35.5. The number of aromatic nitrogens is 1. The van der Waals surface area contributed by atoms with E-state index < -0.39 is 23.4 Å². The third kappa shape index (κ3) is 5.96. The minimum absolute atomic E-state index is 0.0122. The minimum atomic E-state index is -4.54. The second-order valence-electron chi connectivity index (χ2n) is 9.12. The van der Waals surface area contributed by atoms with E-state index >= 15 is 0 Å². The van der Waals surface area contributed by atoms with Crippen LogP contribution in [0.25, 0.3) is 0 Å². The Kier molecular flexibility index (Phi) is 7.12. The van der Waals surface area contributed by atoms with Crippen LogP contribution in [0, 0.1) is 0 Å². The van der Waals surface area contributed by atoms with Crippen molar-refractivity contribution in [3.05, 3.63) is 22.8 Å². The molecule has 3 rings (SSSR count). The molecule has 0 aliphatic carbocycles. The molecule has 3 heterocycles. The zero-order valence-corrected chi connectivity index (χ0v) is 19.1. The number of hydrogen-bond acceptors (Lipinski definition) is 5. The summed E-state index contributed by atoms with van der Waals surface area (Å²) in [4.78, 5) is 32.6. The van der Waals surface area contributed by atoms with E-state index in [2.05, 4.69) is 10.3 Å². The Balaban J connectivity index is 1.60. The Labute approximate surface area is 190 Å². The fraction of sp³-hybridized carbons (Fsp3) is 0.667. The van der Waals surface area contributed by atoms with Crippen molar-refractivity contribution in [1.82, 2.24) is 14.8 Å². The SMILES string of the molecule is CC(C)(C)OC(=O)N1CCC(N2CCCC(Nc3ncc(C(F)(F)F)cc3Cl)C2=O)CC1. The molecule has 0 bridgehead atoms. The van der Waals surface area contributed by atoms with Crippen LogP contribution in [0.15, 0.2) is 12.3 Å². The van der Waals surface area contributed by atoms with Crippen LogP contribution in [-0.2, 0) is 15.7 Å². The van der Waals surface area contributed by atoms with Gasteiger partial charge in [0.1, 0.15) is 17.5 Å². The number of anilines is 1. The van der Waals surface area contributed by atoms with Gasteiger partial charge in [-0.3, -0.25) is 4.79 Å². The molecule has 2 aliphatic heterocycles. The van der Waals surface area contributed by atoms with Crippen LogP contribution in [0.5, 0.6) is 0 Å². The molecule has 11 heteroatoms. The lowest BCUT2D eigenvalue weighted by molar-refractivity contribution is -0.138. The van der Waals surface area contributed by atoms with Crippen molar-refractivity contribution >= 4 is 29.4 Å². The summed E-state index contributed by atoms with van der Waals surface area (Å²) >= 11 is 5.98. The number of piperidine rings is 2. The van der Waals surface area contributed by atoms with E-state index in [9.17, 15) is 22.8 Å². The molecule has 32 heavy (non-hydrogen) atoms. The fourth-order valence-corrected chi connectivity index (χ4v) is 4.17. The molecule has 1 unspecified atom stereocenters. The molecule has 0 radical (unpaired) electrons. The first-order valence-corrected chi connectivity index (χ1v) is 11.0. The molecule has 1 aromatic heterocycles. The first kappa shape index (κ1) is 24.4. The van der Waals surface area contributed by atoms with Crippen LogP contribution >= 0.6 is 11.6 Å². The zero-order valence-electron chi connectivity index (χ0n) is 18.3. The summed E-state index contributed by atoms with van der Waals surface area (Å²) < 4.78 is 43.9. The summed E-state index contributed by atoms with van der Waals surface area (Å²) in [6.45, 7) is 7.03. The molecule has 0 saturated carbocycles. The average molecular weight is 477 g/mol. The van der Waals surface area contributed by atoms with Crippen LogP contribution in [-0.4, -0.2) is 64.1 Å². The number of ether oxygens (including phenoxy) is 1. The Morgan fingerprint density at radius 3 is 2.41 bits per heavy atom. The van der Waals surface area contributed by atoms with Crippen LogP contribution in [0.3, 0.4) is 0 Å². The van der Waals surface area contributed by atoms with E-state index in [1.165, 1.54) is 0 Å². The lowest BCUT2D eigenvalue weighted by Crippen LogP contribution is -2.55. The smallest absolute Gasteiger partial charge is 0.417 e. The molecule has 2 fully saturated rings. The van der Waals surface area contributed by atoms with Gasteiger partial charge in [-0.2, -0.15) is 13.2 Å². The number of amides is 2. The third-order valence-corrected chi connectivity index (χ3v) is 5.80. The number of carbonyl (C=O) groups is 2. The van der Waals surface area contributed by atoms with Crippen LogP contribution in [0.1, 0.15) is 52.0 Å². The van der Waals surface area contributed by atoms with E-state index in [1.54, 1.807) is 9.80 Å². The van der Waals surface area contributed by atoms with E-state index in [4.69, 9.17) is 16.3 Å². The molecule has 1 atom stereocenters. The van der Waals surface area contributed by atoms with Gasteiger partial charge in [0.25, 0.3) is 0 Å².